The van der Waals surface area contributed by atoms with Gasteiger partial charge >= 0.3 is 143 Å². The van der Waals surface area contributed by atoms with Crippen molar-refractivity contribution < 1.29 is 5.48 Å². The number of benzene rings is 1. The maximum atomic E-state index is 2.30. The molecule has 0 saturated heterocycles. The third-order valence-electron chi connectivity index (χ3n) is 5.24. The molecule has 0 aliphatic carbocycles. The zero-order chi connectivity index (χ0) is 17.8. The predicted molar refractivity (Wildman–Crippen MR) is 121 cm³/mol. The molecule has 0 aliphatic heterocycles. The fraction of sp³-hybridized carbons (Fsp3) is 0.750. The molecule has 0 aromatic heterocycles. The van der Waals surface area contributed by atoms with Crippen molar-refractivity contribution in [3.05, 3.63) is 35.9 Å². The minimum Gasteiger partial charge on any atom is -0.870 e. The van der Waals surface area contributed by atoms with Gasteiger partial charge in [0.1, 0.15) is 0 Å². The normalized spacial score (nSPS) is 11.1. The van der Waals surface area contributed by atoms with E-state index in [0.29, 0.717) is 0 Å². The van der Waals surface area contributed by atoms with Crippen LogP contribution < -0.4 is 0 Å². The summed E-state index contributed by atoms with van der Waals surface area (Å²) in [6.07, 6.45) is 22.1. The number of hydrogen-bond acceptors (Lipinski definition) is 1. The van der Waals surface area contributed by atoms with E-state index < -0.39 is 0 Å². The first-order chi connectivity index (χ1) is 12.4. The van der Waals surface area contributed by atoms with Gasteiger partial charge in [0.15, 0.2) is 0 Å². The summed E-state index contributed by atoms with van der Waals surface area (Å²) in [6.45, 7) is 2.30. The van der Waals surface area contributed by atoms with Gasteiger partial charge in [-0.25, -0.2) is 0 Å². The summed E-state index contributed by atoms with van der Waals surface area (Å²) >= 11 is -0.237. The van der Waals surface area contributed by atoms with Crippen LogP contribution in [0.1, 0.15) is 102 Å². The van der Waals surface area contributed by atoms with Crippen molar-refractivity contribution in [2.75, 3.05) is 0 Å². The average molecular weight is 471 g/mol. The monoisotopic (exact) mass is 470 g/mol. The van der Waals surface area contributed by atoms with Gasteiger partial charge in [0.25, 0.3) is 0 Å². The fourth-order valence-electron chi connectivity index (χ4n) is 3.54. The summed E-state index contributed by atoms with van der Waals surface area (Å²) in [4.78, 5) is 0. The molecule has 1 nitrogen and oxygen atoms in total. The van der Waals surface area contributed by atoms with E-state index in [4.69, 9.17) is 0 Å². The maximum Gasteiger partial charge on any atom is -0.870 e. The van der Waals surface area contributed by atoms with Crippen molar-refractivity contribution in [2.45, 2.75) is 112 Å². The number of aryl methyl sites for hydroxylation is 1. The SMILES string of the molecule is CCCCCCCCCCCCCCC[CH2][SbH2+][CH2]Cc1ccccc1.[OH-]. The van der Waals surface area contributed by atoms with Gasteiger partial charge < -0.3 is 5.48 Å². The molecule has 26 heavy (non-hydrogen) atoms. The number of unbranched alkanes of at least 4 members (excludes halogenated alkanes) is 13. The Morgan fingerprint density at radius 3 is 1.54 bits per heavy atom. The van der Waals surface area contributed by atoms with E-state index >= 15 is 0 Å². The molecule has 1 aromatic carbocycles. The Bertz CT molecular complexity index is 366. The van der Waals surface area contributed by atoms with Crippen LogP contribution in [0, 0.1) is 0 Å². The van der Waals surface area contributed by atoms with E-state index in [-0.39, 0.29) is 27.1 Å². The molecule has 0 bridgehead atoms. The summed E-state index contributed by atoms with van der Waals surface area (Å²) in [6, 6.07) is 11.1. The second-order valence-electron chi connectivity index (χ2n) is 7.70. The van der Waals surface area contributed by atoms with Gasteiger partial charge in [0, 0.05) is 0 Å². The van der Waals surface area contributed by atoms with E-state index in [9.17, 15) is 0 Å². The van der Waals surface area contributed by atoms with E-state index in [0.717, 1.165) is 0 Å². The van der Waals surface area contributed by atoms with E-state index in [1.807, 2.05) is 0 Å². The molecule has 0 heterocycles. The van der Waals surface area contributed by atoms with Gasteiger partial charge in [0.2, 0.25) is 0 Å². The van der Waals surface area contributed by atoms with Crippen LogP contribution in [0.3, 0.4) is 0 Å². The molecular weight excluding hydrogens is 426 g/mol. The molecule has 2 heteroatoms. The molecule has 0 saturated carbocycles. The second kappa shape index (κ2) is 21.3. The van der Waals surface area contributed by atoms with Gasteiger partial charge in [-0.1, -0.05) is 26.2 Å². The van der Waals surface area contributed by atoms with Crippen molar-refractivity contribution in [1.29, 1.82) is 0 Å². The summed E-state index contributed by atoms with van der Waals surface area (Å²) in [5.41, 5.74) is 1.55. The zero-order valence-electron chi connectivity index (χ0n) is 17.4. The number of rotatable bonds is 18. The summed E-state index contributed by atoms with van der Waals surface area (Å²) in [5.74, 6) is 0. The van der Waals surface area contributed by atoms with Crippen LogP contribution in [0.4, 0.5) is 0 Å². The molecule has 0 atom stereocenters. The molecule has 1 rings (SSSR count). The molecule has 0 radical (unpaired) electrons. The topological polar surface area (TPSA) is 30.0 Å². The second-order valence-corrected chi connectivity index (χ2v) is 12.6. The first-order valence-corrected chi connectivity index (χ1v) is 15.9. The molecule has 0 fully saturated rings. The Balaban J connectivity index is 0.00000625. The quantitative estimate of drug-likeness (QED) is 0.161. The molecule has 1 aromatic rings. The zero-order valence-corrected chi connectivity index (χ0v) is 20.7. The van der Waals surface area contributed by atoms with Crippen molar-refractivity contribution in [3.63, 3.8) is 0 Å². The first-order valence-electron chi connectivity index (χ1n) is 11.3. The van der Waals surface area contributed by atoms with Crippen molar-refractivity contribution in [2.24, 2.45) is 0 Å². The standard InChI is InChI=1S/C16H33.C8H9.H2O.Sb.2H/c1-3-5-7-9-11-13-15-16-14-12-10-8-6-4-2;1-2-8-6-4-3-5-7-8;;;;/h1,3-16H2,2H3;3-7H,1-2H2;1H2;;;/q;;;+1;;/p-1. The molecule has 0 unspecified atom stereocenters. The van der Waals surface area contributed by atoms with E-state index in [1.165, 1.54) is 96.3 Å². The van der Waals surface area contributed by atoms with Crippen LogP contribution in [0.2, 0.25) is 8.73 Å². The minimum atomic E-state index is -0.237. The molecule has 1 N–H and O–H groups in total. The van der Waals surface area contributed by atoms with Crippen LogP contribution in [-0.4, -0.2) is 27.1 Å². The van der Waals surface area contributed by atoms with Gasteiger partial charge in [-0.2, -0.15) is 0 Å². The van der Waals surface area contributed by atoms with Crippen LogP contribution in [-0.2, 0) is 6.42 Å². The Morgan fingerprint density at radius 1 is 0.577 bits per heavy atom. The van der Waals surface area contributed by atoms with Crippen molar-refractivity contribution >= 4 is 21.6 Å². The van der Waals surface area contributed by atoms with Crippen molar-refractivity contribution in [1.82, 2.24) is 0 Å². The smallest absolute Gasteiger partial charge is 0.870 e. The van der Waals surface area contributed by atoms with Crippen molar-refractivity contribution in [3.8, 4) is 0 Å². The van der Waals surface area contributed by atoms with Crippen LogP contribution >= 0.6 is 0 Å². The van der Waals surface area contributed by atoms with Gasteiger partial charge in [-0.15, -0.1) is 0 Å². The fourth-order valence-corrected chi connectivity index (χ4v) is 7.55. The first kappa shape index (κ1) is 26.0. The third kappa shape index (κ3) is 17.4. The van der Waals surface area contributed by atoms with Crippen LogP contribution in [0.15, 0.2) is 30.3 Å². The van der Waals surface area contributed by atoms with Crippen LogP contribution in [0.25, 0.3) is 0 Å². The van der Waals surface area contributed by atoms with Gasteiger partial charge in [-0.05, 0) is 0 Å². The van der Waals surface area contributed by atoms with Crippen LogP contribution in [0.5, 0.6) is 0 Å². The summed E-state index contributed by atoms with van der Waals surface area (Å²) in [7, 11) is 0. The molecule has 152 valence electrons. The molecular formula is C24H45OSb. The van der Waals surface area contributed by atoms with E-state index in [1.54, 1.807) is 14.3 Å². The Morgan fingerprint density at radius 2 is 1.04 bits per heavy atom. The summed E-state index contributed by atoms with van der Waals surface area (Å²) < 4.78 is 3.18. The average Bonchev–Trinajstić information content (AvgIpc) is 2.65. The Hall–Kier alpha value is -0.00182. The number of hydrogen-bond donors (Lipinski definition) is 0. The largest absolute Gasteiger partial charge is 0.870 e. The Kier molecular flexibility index (Phi) is 21.3. The summed E-state index contributed by atoms with van der Waals surface area (Å²) in [5, 5.41) is 0. The van der Waals surface area contributed by atoms with Gasteiger partial charge in [0.05, 0.1) is 0 Å². The van der Waals surface area contributed by atoms with Gasteiger partial charge in [-0.3, -0.25) is 0 Å². The minimum absolute atomic E-state index is 0. The molecule has 0 aliphatic rings. The molecule has 0 spiro atoms. The third-order valence-corrected chi connectivity index (χ3v) is 9.56. The van der Waals surface area contributed by atoms with E-state index in [2.05, 4.69) is 37.3 Å². The maximum absolute atomic E-state index is 2.30. The molecule has 0 amide bonds. The predicted octanol–water partition coefficient (Wildman–Crippen LogP) is 7.54. The Labute approximate surface area is 174 Å².